The van der Waals surface area contributed by atoms with Crippen LogP contribution in [-0.4, -0.2) is 20.2 Å². The molecule has 1 aromatic carbocycles. The van der Waals surface area contributed by atoms with Gasteiger partial charge in [-0.25, -0.2) is 4.98 Å². The SMILES string of the molecule is c1ccc2[nH]ccc2c1.c1nc[nH]n1. The van der Waals surface area contributed by atoms with E-state index >= 15 is 0 Å². The summed E-state index contributed by atoms with van der Waals surface area (Å²) in [6, 6.07) is 10.3. The molecule has 0 bridgehead atoms. The molecule has 0 aliphatic heterocycles. The molecule has 0 fully saturated rings. The second-order valence-corrected chi connectivity index (χ2v) is 2.72. The van der Waals surface area contributed by atoms with E-state index in [0.717, 1.165) is 0 Å². The maximum absolute atomic E-state index is 3.56. The number of aromatic amines is 2. The summed E-state index contributed by atoms with van der Waals surface area (Å²) in [4.78, 5) is 6.68. The monoisotopic (exact) mass is 186 g/mol. The highest BCUT2D eigenvalue weighted by Gasteiger charge is 1.86. The smallest absolute Gasteiger partial charge is 0.137 e. The Morgan fingerprint density at radius 3 is 2.64 bits per heavy atom. The summed E-state index contributed by atoms with van der Waals surface area (Å²) in [5, 5.41) is 7.26. The van der Waals surface area contributed by atoms with Gasteiger partial charge in [0.15, 0.2) is 0 Å². The highest BCUT2D eigenvalue weighted by molar-refractivity contribution is 5.78. The highest BCUT2D eigenvalue weighted by atomic mass is 15.2. The first-order chi connectivity index (χ1) is 6.97. The molecule has 14 heavy (non-hydrogen) atoms. The summed E-state index contributed by atoms with van der Waals surface area (Å²) in [7, 11) is 0. The van der Waals surface area contributed by atoms with Gasteiger partial charge in [-0.3, -0.25) is 5.10 Å². The fourth-order valence-electron chi connectivity index (χ4n) is 1.16. The number of H-pyrrole nitrogens is 2. The molecule has 0 radical (unpaired) electrons. The normalized spacial score (nSPS) is 9.43. The van der Waals surface area contributed by atoms with Gasteiger partial charge in [0.05, 0.1) is 0 Å². The molecule has 3 aromatic rings. The van der Waals surface area contributed by atoms with E-state index < -0.39 is 0 Å². The molecule has 0 unspecified atom stereocenters. The number of nitrogens with one attached hydrogen (secondary N) is 2. The number of rotatable bonds is 0. The molecule has 4 nitrogen and oxygen atoms in total. The molecule has 3 rings (SSSR count). The third-order valence-corrected chi connectivity index (χ3v) is 1.79. The fourth-order valence-corrected chi connectivity index (χ4v) is 1.16. The first-order valence-corrected chi connectivity index (χ1v) is 4.27. The molecule has 2 heterocycles. The highest BCUT2D eigenvalue weighted by Crippen LogP contribution is 2.09. The van der Waals surface area contributed by atoms with Crippen LogP contribution in [-0.2, 0) is 0 Å². The van der Waals surface area contributed by atoms with Crippen molar-refractivity contribution in [3.63, 3.8) is 0 Å². The Bertz CT molecular complexity index is 422. The van der Waals surface area contributed by atoms with E-state index in [-0.39, 0.29) is 0 Å². The molecule has 4 heteroatoms. The number of para-hydroxylation sites is 1. The van der Waals surface area contributed by atoms with Crippen LogP contribution in [0, 0.1) is 0 Å². The zero-order valence-electron chi connectivity index (χ0n) is 7.51. The Morgan fingerprint density at radius 1 is 1.07 bits per heavy atom. The number of aromatic nitrogens is 4. The minimum atomic E-state index is 1.21. The summed E-state index contributed by atoms with van der Waals surface area (Å²) < 4.78 is 0. The van der Waals surface area contributed by atoms with Crippen LogP contribution in [0.3, 0.4) is 0 Å². The second-order valence-electron chi connectivity index (χ2n) is 2.72. The average molecular weight is 186 g/mol. The number of nitrogens with zero attached hydrogens (tertiary/aromatic N) is 2. The number of hydrogen-bond donors (Lipinski definition) is 2. The van der Waals surface area contributed by atoms with Crippen molar-refractivity contribution in [2.75, 3.05) is 0 Å². The van der Waals surface area contributed by atoms with Gasteiger partial charge in [-0.1, -0.05) is 18.2 Å². The van der Waals surface area contributed by atoms with Crippen molar-refractivity contribution in [2.24, 2.45) is 0 Å². The van der Waals surface area contributed by atoms with Gasteiger partial charge in [0.2, 0.25) is 0 Å². The largest absolute Gasteiger partial charge is 0.361 e. The van der Waals surface area contributed by atoms with Crippen molar-refractivity contribution in [3.05, 3.63) is 49.2 Å². The van der Waals surface area contributed by atoms with E-state index in [4.69, 9.17) is 0 Å². The van der Waals surface area contributed by atoms with Gasteiger partial charge in [-0.15, -0.1) is 0 Å². The van der Waals surface area contributed by atoms with Gasteiger partial charge >= 0.3 is 0 Å². The lowest BCUT2D eigenvalue weighted by Gasteiger charge is -1.83. The van der Waals surface area contributed by atoms with Crippen molar-refractivity contribution in [2.45, 2.75) is 0 Å². The lowest BCUT2D eigenvalue weighted by Crippen LogP contribution is -1.61. The number of hydrogen-bond acceptors (Lipinski definition) is 2. The van der Waals surface area contributed by atoms with Crippen LogP contribution in [0.4, 0.5) is 0 Å². The first-order valence-electron chi connectivity index (χ1n) is 4.27. The third-order valence-electron chi connectivity index (χ3n) is 1.79. The van der Waals surface area contributed by atoms with E-state index in [2.05, 4.69) is 38.4 Å². The van der Waals surface area contributed by atoms with Crippen molar-refractivity contribution in [1.29, 1.82) is 0 Å². The van der Waals surface area contributed by atoms with E-state index in [0.29, 0.717) is 0 Å². The Morgan fingerprint density at radius 2 is 2.00 bits per heavy atom. The standard InChI is InChI=1S/C8H7N.C2H3N3/c1-2-4-8-7(3-1)5-6-9-8;1-3-2-5-4-1/h1-6,9H;1-2H,(H,3,4,5). The van der Waals surface area contributed by atoms with Crippen LogP contribution >= 0.6 is 0 Å². The van der Waals surface area contributed by atoms with Gasteiger partial charge in [0.25, 0.3) is 0 Å². The maximum Gasteiger partial charge on any atom is 0.137 e. The Kier molecular flexibility index (Phi) is 2.56. The molecule has 2 N–H and O–H groups in total. The van der Waals surface area contributed by atoms with Crippen molar-refractivity contribution >= 4 is 10.9 Å². The maximum atomic E-state index is 3.56. The summed E-state index contributed by atoms with van der Waals surface area (Å²) in [5.41, 5.74) is 1.21. The molecule has 0 amide bonds. The van der Waals surface area contributed by atoms with E-state index in [9.17, 15) is 0 Å². The third kappa shape index (κ3) is 1.98. The van der Waals surface area contributed by atoms with Crippen LogP contribution in [0.25, 0.3) is 10.9 Å². The predicted molar refractivity (Wildman–Crippen MR) is 54.7 cm³/mol. The first kappa shape index (κ1) is 8.50. The van der Waals surface area contributed by atoms with Crippen LogP contribution < -0.4 is 0 Å². The second kappa shape index (κ2) is 4.23. The minimum Gasteiger partial charge on any atom is -0.361 e. The lowest BCUT2D eigenvalue weighted by molar-refractivity contribution is 1.09. The molecule has 0 spiro atoms. The van der Waals surface area contributed by atoms with E-state index in [1.165, 1.54) is 23.6 Å². The van der Waals surface area contributed by atoms with Crippen molar-refractivity contribution < 1.29 is 0 Å². The topological polar surface area (TPSA) is 57.4 Å². The van der Waals surface area contributed by atoms with Crippen LogP contribution in [0.2, 0.25) is 0 Å². The van der Waals surface area contributed by atoms with Gasteiger partial charge in [-0.05, 0) is 17.5 Å². The average Bonchev–Trinajstić information content (AvgIpc) is 2.92. The van der Waals surface area contributed by atoms with E-state index in [1.54, 1.807) is 0 Å². The van der Waals surface area contributed by atoms with Crippen LogP contribution in [0.5, 0.6) is 0 Å². The molecular formula is C10H10N4. The minimum absolute atomic E-state index is 1.21. The fraction of sp³-hybridized carbons (Fsp3) is 0. The molecule has 0 saturated heterocycles. The van der Waals surface area contributed by atoms with Crippen molar-refractivity contribution in [1.82, 2.24) is 20.2 Å². The number of benzene rings is 1. The molecule has 0 saturated carbocycles. The zero-order valence-corrected chi connectivity index (χ0v) is 7.51. The molecule has 70 valence electrons. The van der Waals surface area contributed by atoms with Gasteiger partial charge in [0, 0.05) is 11.7 Å². The predicted octanol–water partition coefficient (Wildman–Crippen LogP) is 1.97. The van der Waals surface area contributed by atoms with Gasteiger partial charge in [0.1, 0.15) is 12.7 Å². The summed E-state index contributed by atoms with van der Waals surface area (Å²) in [6.07, 6.45) is 4.91. The van der Waals surface area contributed by atoms with Gasteiger partial charge in [-0.2, -0.15) is 5.10 Å². The Labute approximate surface area is 81.0 Å². The van der Waals surface area contributed by atoms with Gasteiger partial charge < -0.3 is 4.98 Å². The van der Waals surface area contributed by atoms with Crippen molar-refractivity contribution in [3.8, 4) is 0 Å². The molecular weight excluding hydrogens is 176 g/mol. The lowest BCUT2D eigenvalue weighted by atomic mass is 10.3. The summed E-state index contributed by atoms with van der Waals surface area (Å²) >= 11 is 0. The summed E-state index contributed by atoms with van der Waals surface area (Å²) in [6.45, 7) is 0. The summed E-state index contributed by atoms with van der Waals surface area (Å²) in [5.74, 6) is 0. The van der Waals surface area contributed by atoms with E-state index in [1.807, 2.05) is 18.3 Å². The number of fused-ring (bicyclic) bond motifs is 1. The molecule has 0 atom stereocenters. The van der Waals surface area contributed by atoms with Crippen LogP contribution in [0.1, 0.15) is 0 Å². The Balaban J connectivity index is 0.000000128. The molecule has 0 aliphatic carbocycles. The Hall–Kier alpha value is -2.10. The molecule has 0 aliphatic rings. The quantitative estimate of drug-likeness (QED) is 0.564. The van der Waals surface area contributed by atoms with Crippen LogP contribution in [0.15, 0.2) is 49.2 Å². The molecule has 2 aromatic heterocycles. The zero-order chi connectivity index (χ0) is 9.64.